The van der Waals surface area contributed by atoms with Crippen LogP contribution in [-0.2, 0) is 11.3 Å². The molecule has 0 saturated heterocycles. The van der Waals surface area contributed by atoms with Gasteiger partial charge in [-0.2, -0.15) is 10.2 Å². The summed E-state index contributed by atoms with van der Waals surface area (Å²) < 4.78 is 3.23. The first-order chi connectivity index (χ1) is 11.3. The maximum Gasteiger partial charge on any atom is 0.309 e. The summed E-state index contributed by atoms with van der Waals surface area (Å²) in [6.07, 6.45) is 2.04. The molecule has 0 aliphatic heterocycles. The van der Waals surface area contributed by atoms with Crippen LogP contribution in [0.25, 0.3) is 0 Å². The second-order valence-corrected chi connectivity index (χ2v) is 5.81. The molecule has 1 atom stereocenters. The molecular formula is C15H22N6O3. The molecule has 1 amide bonds. The largest absolute Gasteiger partial charge is 0.354 e. The zero-order valence-electron chi connectivity index (χ0n) is 14.3. The zero-order chi connectivity index (χ0) is 17.9. The maximum absolute atomic E-state index is 12.2. The quantitative estimate of drug-likeness (QED) is 0.471. The highest BCUT2D eigenvalue weighted by molar-refractivity contribution is 5.79. The number of aromatic nitrogens is 4. The number of nitrogens with one attached hydrogen (secondary N) is 1. The van der Waals surface area contributed by atoms with Gasteiger partial charge in [0.25, 0.3) is 0 Å². The predicted molar refractivity (Wildman–Crippen MR) is 87.7 cm³/mol. The molecule has 2 aromatic heterocycles. The van der Waals surface area contributed by atoms with Gasteiger partial charge in [0.1, 0.15) is 17.9 Å². The summed E-state index contributed by atoms with van der Waals surface area (Å²) in [4.78, 5) is 22.5. The Bertz CT molecular complexity index is 748. The summed E-state index contributed by atoms with van der Waals surface area (Å²) >= 11 is 0. The highest BCUT2D eigenvalue weighted by Gasteiger charge is 2.21. The summed E-state index contributed by atoms with van der Waals surface area (Å²) in [5.74, 6) is -0.222. The van der Waals surface area contributed by atoms with Crippen LogP contribution >= 0.6 is 0 Å². The minimum atomic E-state index is -0.605. The predicted octanol–water partition coefficient (Wildman–Crippen LogP) is 1.68. The Kier molecular flexibility index (Phi) is 5.32. The molecule has 130 valence electrons. The molecule has 2 rings (SSSR count). The number of nitrogens with zero attached hydrogens (tertiary/aromatic N) is 5. The van der Waals surface area contributed by atoms with E-state index in [4.69, 9.17) is 0 Å². The fraction of sp³-hybridized carbons (Fsp3) is 0.533. The summed E-state index contributed by atoms with van der Waals surface area (Å²) in [6.45, 7) is 8.37. The van der Waals surface area contributed by atoms with Gasteiger partial charge >= 0.3 is 5.69 Å². The molecule has 0 aliphatic carbocycles. The standard InChI is InChI=1S/C15H22N6O3/c1-10-8-11(2)19(17-10)7-5-6-16-15(22)13(4)20-9-14(21(23)24)12(3)18-20/h8-9,13H,5-7H2,1-4H3,(H,16,22). The summed E-state index contributed by atoms with van der Waals surface area (Å²) in [5, 5.41) is 22.1. The molecule has 0 aliphatic rings. The van der Waals surface area contributed by atoms with Crippen molar-refractivity contribution >= 4 is 11.6 Å². The molecule has 0 aromatic carbocycles. The van der Waals surface area contributed by atoms with Crippen LogP contribution < -0.4 is 5.32 Å². The van der Waals surface area contributed by atoms with Gasteiger partial charge in [-0.15, -0.1) is 0 Å². The lowest BCUT2D eigenvalue weighted by Crippen LogP contribution is -2.32. The van der Waals surface area contributed by atoms with E-state index in [0.717, 1.165) is 24.4 Å². The lowest BCUT2D eigenvalue weighted by atomic mass is 10.3. The highest BCUT2D eigenvalue weighted by Crippen LogP contribution is 2.18. The minimum absolute atomic E-state index is 0.0841. The van der Waals surface area contributed by atoms with Gasteiger partial charge in [0.15, 0.2) is 0 Å². The van der Waals surface area contributed by atoms with Crippen molar-refractivity contribution in [3.63, 3.8) is 0 Å². The SMILES string of the molecule is Cc1cc(C)n(CCCNC(=O)C(C)n2cc([N+](=O)[O-])c(C)n2)n1. The molecule has 9 nitrogen and oxygen atoms in total. The van der Waals surface area contributed by atoms with E-state index in [1.807, 2.05) is 24.6 Å². The Morgan fingerprint density at radius 2 is 2.08 bits per heavy atom. The molecule has 2 aromatic rings. The fourth-order valence-corrected chi connectivity index (χ4v) is 2.46. The molecule has 0 spiro atoms. The Hall–Kier alpha value is -2.71. The third-order valence-corrected chi connectivity index (χ3v) is 3.81. The van der Waals surface area contributed by atoms with Crippen LogP contribution in [0.2, 0.25) is 0 Å². The molecule has 2 heterocycles. The van der Waals surface area contributed by atoms with Crippen LogP contribution in [0.5, 0.6) is 0 Å². The van der Waals surface area contributed by atoms with E-state index in [1.54, 1.807) is 13.8 Å². The van der Waals surface area contributed by atoms with Crippen molar-refractivity contribution in [3.8, 4) is 0 Å². The summed E-state index contributed by atoms with van der Waals surface area (Å²) in [6, 6.07) is 1.40. The number of rotatable bonds is 7. The Morgan fingerprint density at radius 3 is 2.62 bits per heavy atom. The number of carbonyl (C=O) groups excluding carboxylic acids is 1. The molecule has 0 saturated carbocycles. The van der Waals surface area contributed by atoms with E-state index in [-0.39, 0.29) is 11.6 Å². The second kappa shape index (κ2) is 7.24. The smallest absolute Gasteiger partial charge is 0.309 e. The third-order valence-electron chi connectivity index (χ3n) is 3.81. The zero-order valence-corrected chi connectivity index (χ0v) is 14.3. The van der Waals surface area contributed by atoms with Crippen molar-refractivity contribution in [1.82, 2.24) is 24.9 Å². The van der Waals surface area contributed by atoms with Crippen LogP contribution in [0, 0.1) is 30.9 Å². The fourth-order valence-electron chi connectivity index (χ4n) is 2.46. The van der Waals surface area contributed by atoms with Gasteiger partial charge in [-0.1, -0.05) is 0 Å². The van der Waals surface area contributed by atoms with Crippen molar-refractivity contribution < 1.29 is 9.72 Å². The van der Waals surface area contributed by atoms with Gasteiger partial charge < -0.3 is 5.32 Å². The van der Waals surface area contributed by atoms with E-state index < -0.39 is 11.0 Å². The normalized spacial score (nSPS) is 12.2. The number of carbonyl (C=O) groups is 1. The number of aryl methyl sites for hydroxylation is 4. The number of hydrogen-bond acceptors (Lipinski definition) is 5. The van der Waals surface area contributed by atoms with Crippen molar-refractivity contribution in [2.45, 2.75) is 46.7 Å². The van der Waals surface area contributed by atoms with E-state index in [2.05, 4.69) is 15.5 Å². The van der Waals surface area contributed by atoms with E-state index >= 15 is 0 Å². The first-order valence-corrected chi connectivity index (χ1v) is 7.78. The molecule has 0 bridgehead atoms. The average Bonchev–Trinajstić information content (AvgIpc) is 3.05. The third kappa shape index (κ3) is 3.98. The number of hydrogen-bond donors (Lipinski definition) is 1. The van der Waals surface area contributed by atoms with Crippen LogP contribution in [0.15, 0.2) is 12.3 Å². The molecule has 1 unspecified atom stereocenters. The Labute approximate surface area is 139 Å². The van der Waals surface area contributed by atoms with E-state index in [9.17, 15) is 14.9 Å². The Balaban J connectivity index is 1.84. The minimum Gasteiger partial charge on any atom is -0.354 e. The molecule has 9 heteroatoms. The van der Waals surface area contributed by atoms with Crippen molar-refractivity contribution in [3.05, 3.63) is 39.5 Å². The van der Waals surface area contributed by atoms with Gasteiger partial charge in [0.05, 0.1) is 10.6 Å². The molecule has 24 heavy (non-hydrogen) atoms. The first kappa shape index (κ1) is 17.6. The molecule has 1 N–H and O–H groups in total. The lowest BCUT2D eigenvalue weighted by Gasteiger charge is -2.12. The van der Waals surface area contributed by atoms with Gasteiger partial charge in [-0.25, -0.2) is 0 Å². The lowest BCUT2D eigenvalue weighted by molar-refractivity contribution is -0.385. The average molecular weight is 334 g/mol. The van der Waals surface area contributed by atoms with Crippen LogP contribution in [0.1, 0.15) is 36.5 Å². The molecule has 0 radical (unpaired) electrons. The van der Waals surface area contributed by atoms with Crippen molar-refractivity contribution in [2.24, 2.45) is 0 Å². The maximum atomic E-state index is 12.2. The van der Waals surface area contributed by atoms with Crippen LogP contribution in [0.4, 0.5) is 5.69 Å². The molecule has 0 fully saturated rings. The second-order valence-electron chi connectivity index (χ2n) is 5.81. The van der Waals surface area contributed by atoms with Crippen LogP contribution in [-0.4, -0.2) is 36.9 Å². The Morgan fingerprint density at radius 1 is 1.38 bits per heavy atom. The van der Waals surface area contributed by atoms with Gasteiger partial charge in [0, 0.05) is 18.8 Å². The van der Waals surface area contributed by atoms with E-state index in [1.165, 1.54) is 10.9 Å². The summed E-state index contributed by atoms with van der Waals surface area (Å²) in [5.41, 5.74) is 2.27. The van der Waals surface area contributed by atoms with Gasteiger partial charge in [-0.3, -0.25) is 24.3 Å². The van der Waals surface area contributed by atoms with Gasteiger partial charge in [0.2, 0.25) is 5.91 Å². The van der Waals surface area contributed by atoms with Crippen molar-refractivity contribution in [2.75, 3.05) is 6.54 Å². The van der Waals surface area contributed by atoms with Gasteiger partial charge in [-0.05, 0) is 40.2 Å². The monoisotopic (exact) mass is 334 g/mol. The highest BCUT2D eigenvalue weighted by atomic mass is 16.6. The van der Waals surface area contributed by atoms with Crippen LogP contribution in [0.3, 0.4) is 0 Å². The summed E-state index contributed by atoms with van der Waals surface area (Å²) in [7, 11) is 0. The van der Waals surface area contributed by atoms with E-state index in [0.29, 0.717) is 12.2 Å². The number of nitro groups is 1. The first-order valence-electron chi connectivity index (χ1n) is 7.78. The van der Waals surface area contributed by atoms with Crippen molar-refractivity contribution in [1.29, 1.82) is 0 Å². The number of amides is 1. The molecular weight excluding hydrogens is 312 g/mol. The topological polar surface area (TPSA) is 108 Å².